The van der Waals surface area contributed by atoms with Gasteiger partial charge in [-0.25, -0.2) is 0 Å². The Morgan fingerprint density at radius 2 is 2.00 bits per heavy atom. The molecule has 106 valence electrons. The summed E-state index contributed by atoms with van der Waals surface area (Å²) in [5.41, 5.74) is 1.90. The normalized spacial score (nSPS) is 23.1. The van der Waals surface area contributed by atoms with E-state index in [4.69, 9.17) is 4.74 Å². The highest BCUT2D eigenvalue weighted by molar-refractivity contribution is 5.22. The van der Waals surface area contributed by atoms with Crippen molar-refractivity contribution in [2.75, 3.05) is 26.8 Å². The number of nitrogens with zero attached hydrogens (tertiary/aromatic N) is 2. The van der Waals surface area contributed by atoms with Crippen molar-refractivity contribution >= 4 is 0 Å². The predicted octanol–water partition coefficient (Wildman–Crippen LogP) is 3.14. The molecular formula is C16H26N2O. The highest BCUT2D eigenvalue weighted by atomic mass is 16.5. The number of likely N-dealkylation sites (tertiary alicyclic amines) is 1. The summed E-state index contributed by atoms with van der Waals surface area (Å²) in [6.45, 7) is 12.2. The van der Waals surface area contributed by atoms with Gasteiger partial charge in [-0.2, -0.15) is 0 Å². The van der Waals surface area contributed by atoms with E-state index < -0.39 is 0 Å². The molecule has 0 aliphatic carbocycles. The van der Waals surface area contributed by atoms with E-state index in [-0.39, 0.29) is 5.41 Å². The third kappa shape index (κ3) is 3.15. The molecule has 1 aliphatic rings. The highest BCUT2D eigenvalue weighted by Gasteiger charge is 2.47. The average Bonchev–Trinajstić information content (AvgIpc) is 2.28. The standard InChI is InChI=1S/C16H26N2O/c1-15(2,12-19-5)10-18-11-16(3,4)14(18)13-6-8-17-9-7-13/h6-9,14H,10-12H2,1-5H3. The predicted molar refractivity (Wildman–Crippen MR) is 78.0 cm³/mol. The van der Waals surface area contributed by atoms with Gasteiger partial charge < -0.3 is 4.74 Å². The summed E-state index contributed by atoms with van der Waals surface area (Å²) in [6, 6.07) is 4.77. The fourth-order valence-corrected chi connectivity index (χ4v) is 3.42. The maximum absolute atomic E-state index is 5.33. The second-order valence-electron chi connectivity index (χ2n) is 7.17. The fourth-order valence-electron chi connectivity index (χ4n) is 3.42. The van der Waals surface area contributed by atoms with Gasteiger partial charge >= 0.3 is 0 Å². The van der Waals surface area contributed by atoms with E-state index in [2.05, 4.69) is 49.7 Å². The molecule has 0 radical (unpaired) electrons. The SMILES string of the molecule is COCC(C)(C)CN1CC(C)(C)C1c1ccncc1. The van der Waals surface area contributed by atoms with E-state index in [0.717, 1.165) is 19.7 Å². The van der Waals surface area contributed by atoms with Gasteiger partial charge in [-0.15, -0.1) is 0 Å². The molecule has 1 fully saturated rings. The molecule has 19 heavy (non-hydrogen) atoms. The van der Waals surface area contributed by atoms with E-state index in [9.17, 15) is 0 Å². The van der Waals surface area contributed by atoms with Gasteiger partial charge in [0, 0.05) is 44.0 Å². The number of methoxy groups -OCH3 is 1. The Morgan fingerprint density at radius 3 is 2.53 bits per heavy atom. The molecule has 0 spiro atoms. The molecule has 0 aromatic carbocycles. The minimum absolute atomic E-state index is 0.191. The van der Waals surface area contributed by atoms with E-state index in [1.54, 1.807) is 7.11 Å². The molecule has 1 aromatic rings. The van der Waals surface area contributed by atoms with Crippen LogP contribution in [0, 0.1) is 10.8 Å². The topological polar surface area (TPSA) is 25.4 Å². The second kappa shape index (κ2) is 5.22. The van der Waals surface area contributed by atoms with Crippen molar-refractivity contribution < 1.29 is 4.74 Å². The summed E-state index contributed by atoms with van der Waals surface area (Å²) in [4.78, 5) is 6.69. The van der Waals surface area contributed by atoms with E-state index in [0.29, 0.717) is 11.5 Å². The van der Waals surface area contributed by atoms with Gasteiger partial charge in [0.15, 0.2) is 0 Å². The minimum Gasteiger partial charge on any atom is -0.384 e. The third-order valence-electron chi connectivity index (χ3n) is 3.90. The van der Waals surface area contributed by atoms with Crippen molar-refractivity contribution in [3.05, 3.63) is 30.1 Å². The molecule has 1 unspecified atom stereocenters. The first-order valence-electron chi connectivity index (χ1n) is 6.99. The molecule has 0 N–H and O–H groups in total. The molecule has 1 saturated heterocycles. The maximum Gasteiger partial charge on any atom is 0.0525 e. The quantitative estimate of drug-likeness (QED) is 0.815. The van der Waals surface area contributed by atoms with Crippen LogP contribution in [0.5, 0.6) is 0 Å². The lowest BCUT2D eigenvalue weighted by Crippen LogP contribution is -2.58. The number of hydrogen-bond acceptors (Lipinski definition) is 3. The fraction of sp³-hybridized carbons (Fsp3) is 0.688. The number of hydrogen-bond donors (Lipinski definition) is 0. The van der Waals surface area contributed by atoms with Crippen LogP contribution in [0.2, 0.25) is 0 Å². The lowest BCUT2D eigenvalue weighted by atomic mass is 9.70. The van der Waals surface area contributed by atoms with Crippen molar-refractivity contribution in [1.29, 1.82) is 0 Å². The van der Waals surface area contributed by atoms with Crippen LogP contribution in [0.15, 0.2) is 24.5 Å². The van der Waals surface area contributed by atoms with Gasteiger partial charge in [-0.1, -0.05) is 27.7 Å². The van der Waals surface area contributed by atoms with Crippen LogP contribution in [-0.4, -0.2) is 36.7 Å². The first-order valence-corrected chi connectivity index (χ1v) is 6.99. The van der Waals surface area contributed by atoms with Crippen molar-refractivity contribution in [2.45, 2.75) is 33.7 Å². The Hall–Kier alpha value is -0.930. The largest absolute Gasteiger partial charge is 0.384 e. The summed E-state index contributed by atoms with van der Waals surface area (Å²) >= 11 is 0. The van der Waals surface area contributed by atoms with Crippen LogP contribution in [0.1, 0.15) is 39.3 Å². The number of pyridine rings is 1. The van der Waals surface area contributed by atoms with Gasteiger partial charge in [-0.3, -0.25) is 9.88 Å². The van der Waals surface area contributed by atoms with Gasteiger partial charge in [0.2, 0.25) is 0 Å². The van der Waals surface area contributed by atoms with E-state index >= 15 is 0 Å². The summed E-state index contributed by atoms with van der Waals surface area (Å²) in [5, 5.41) is 0. The summed E-state index contributed by atoms with van der Waals surface area (Å²) in [7, 11) is 1.78. The van der Waals surface area contributed by atoms with E-state index in [1.165, 1.54) is 5.56 Å². The van der Waals surface area contributed by atoms with Crippen LogP contribution in [0.3, 0.4) is 0 Å². The highest BCUT2D eigenvalue weighted by Crippen LogP contribution is 2.49. The lowest BCUT2D eigenvalue weighted by Gasteiger charge is -2.56. The van der Waals surface area contributed by atoms with E-state index in [1.807, 2.05) is 12.4 Å². The monoisotopic (exact) mass is 262 g/mol. The van der Waals surface area contributed by atoms with Crippen LogP contribution in [-0.2, 0) is 4.74 Å². The number of aromatic nitrogens is 1. The molecule has 1 atom stereocenters. The molecule has 1 aromatic heterocycles. The Bertz CT molecular complexity index is 414. The molecular weight excluding hydrogens is 236 g/mol. The minimum atomic E-state index is 0.191. The molecule has 0 amide bonds. The Balaban J connectivity index is 2.11. The van der Waals surface area contributed by atoms with Gasteiger partial charge in [-0.05, 0) is 23.1 Å². The van der Waals surface area contributed by atoms with Crippen molar-refractivity contribution in [1.82, 2.24) is 9.88 Å². The van der Waals surface area contributed by atoms with Crippen LogP contribution in [0.25, 0.3) is 0 Å². The number of rotatable bonds is 5. The smallest absolute Gasteiger partial charge is 0.0525 e. The summed E-state index contributed by atoms with van der Waals surface area (Å²) in [6.07, 6.45) is 3.78. The lowest BCUT2D eigenvalue weighted by molar-refractivity contribution is -0.0810. The van der Waals surface area contributed by atoms with Gasteiger partial charge in [0.1, 0.15) is 0 Å². The van der Waals surface area contributed by atoms with Crippen LogP contribution >= 0.6 is 0 Å². The molecule has 3 nitrogen and oxygen atoms in total. The van der Waals surface area contributed by atoms with Crippen LogP contribution < -0.4 is 0 Å². The molecule has 2 heterocycles. The summed E-state index contributed by atoms with van der Waals surface area (Å²) in [5.74, 6) is 0. The van der Waals surface area contributed by atoms with Crippen molar-refractivity contribution in [3.63, 3.8) is 0 Å². The number of ether oxygens (including phenoxy) is 1. The zero-order valence-electron chi connectivity index (χ0n) is 12.8. The molecule has 3 heteroatoms. The van der Waals surface area contributed by atoms with Gasteiger partial charge in [0.05, 0.1) is 6.61 Å². The molecule has 0 bridgehead atoms. The zero-order valence-corrected chi connectivity index (χ0v) is 12.8. The maximum atomic E-state index is 5.33. The van der Waals surface area contributed by atoms with Gasteiger partial charge in [0.25, 0.3) is 0 Å². The molecule has 1 aliphatic heterocycles. The zero-order chi connectivity index (χ0) is 14.1. The third-order valence-corrected chi connectivity index (χ3v) is 3.90. The summed E-state index contributed by atoms with van der Waals surface area (Å²) < 4.78 is 5.33. The second-order valence-corrected chi connectivity index (χ2v) is 7.17. The Kier molecular flexibility index (Phi) is 3.98. The first kappa shape index (κ1) is 14.5. The van der Waals surface area contributed by atoms with Crippen molar-refractivity contribution in [2.24, 2.45) is 10.8 Å². The van der Waals surface area contributed by atoms with Crippen molar-refractivity contribution in [3.8, 4) is 0 Å². The first-order chi connectivity index (χ1) is 8.86. The molecule has 0 saturated carbocycles. The Labute approximate surface area is 117 Å². The Morgan fingerprint density at radius 1 is 1.37 bits per heavy atom. The molecule has 2 rings (SSSR count). The average molecular weight is 262 g/mol. The van der Waals surface area contributed by atoms with Crippen LogP contribution in [0.4, 0.5) is 0 Å².